The third-order valence-electron chi connectivity index (χ3n) is 4.27. The Bertz CT molecular complexity index is 499. The van der Waals surface area contributed by atoms with E-state index in [1.54, 1.807) is 18.4 Å². The van der Waals surface area contributed by atoms with Crippen molar-refractivity contribution in [3.05, 3.63) is 16.1 Å². The number of ether oxygens (including phenoxy) is 1. The highest BCUT2D eigenvalue weighted by Crippen LogP contribution is 2.20. The Hall–Kier alpha value is -0.410. The number of aliphatic imine (C=N–C) groups is 1. The highest BCUT2D eigenvalue weighted by Gasteiger charge is 2.12. The summed E-state index contributed by atoms with van der Waals surface area (Å²) in [6.45, 7) is 6.56. The monoisotopic (exact) mass is 480 g/mol. The molecule has 1 fully saturated rings. The minimum atomic E-state index is 0. The zero-order chi connectivity index (χ0) is 17.2. The van der Waals surface area contributed by atoms with Crippen LogP contribution >= 0.6 is 35.3 Å². The lowest BCUT2D eigenvalue weighted by Crippen LogP contribution is -2.39. The first-order chi connectivity index (χ1) is 11.7. The van der Waals surface area contributed by atoms with Crippen molar-refractivity contribution in [2.24, 2.45) is 4.99 Å². The molecule has 1 aliphatic rings. The summed E-state index contributed by atoms with van der Waals surface area (Å²) < 4.78 is 5.99. The van der Waals surface area contributed by atoms with E-state index >= 15 is 0 Å². The molecule has 144 valence electrons. The van der Waals surface area contributed by atoms with Crippen LogP contribution in [0.2, 0.25) is 0 Å². The zero-order valence-corrected chi connectivity index (χ0v) is 18.9. The van der Waals surface area contributed by atoms with E-state index in [-0.39, 0.29) is 24.0 Å². The van der Waals surface area contributed by atoms with E-state index in [9.17, 15) is 0 Å². The molecule has 1 aromatic rings. The maximum absolute atomic E-state index is 5.99. The molecule has 0 atom stereocenters. The molecule has 0 aliphatic heterocycles. The van der Waals surface area contributed by atoms with Crippen molar-refractivity contribution in [3.63, 3.8) is 0 Å². The molecule has 0 aromatic carbocycles. The minimum Gasteiger partial charge on any atom is -0.376 e. The van der Waals surface area contributed by atoms with Gasteiger partial charge in [0.25, 0.3) is 0 Å². The standard InChI is InChI=1S/C18H32N4OS.HI/c1-14(2)17-22-15(13-24-17)12-21-18(19-3)20-10-11-23-16-8-6-4-5-7-9-16;/h13-14,16H,4-12H2,1-3H3,(H2,19,20,21);1H. The first-order valence-corrected chi connectivity index (χ1v) is 10.1. The van der Waals surface area contributed by atoms with Gasteiger partial charge < -0.3 is 15.4 Å². The molecule has 1 aromatic heterocycles. The van der Waals surface area contributed by atoms with Gasteiger partial charge in [-0.15, -0.1) is 35.3 Å². The van der Waals surface area contributed by atoms with Gasteiger partial charge in [0.15, 0.2) is 5.96 Å². The van der Waals surface area contributed by atoms with Crippen LogP contribution in [0, 0.1) is 0 Å². The number of halogens is 1. The molecular weight excluding hydrogens is 447 g/mol. The van der Waals surface area contributed by atoms with E-state index in [1.807, 2.05) is 0 Å². The fourth-order valence-electron chi connectivity index (χ4n) is 2.87. The van der Waals surface area contributed by atoms with Crippen LogP contribution in [0.25, 0.3) is 0 Å². The number of nitrogens with one attached hydrogen (secondary N) is 2. The number of nitrogens with zero attached hydrogens (tertiary/aromatic N) is 2. The normalized spacial score (nSPS) is 16.4. The average molecular weight is 480 g/mol. The Morgan fingerprint density at radius 2 is 2.00 bits per heavy atom. The van der Waals surface area contributed by atoms with Crippen LogP contribution in [0.3, 0.4) is 0 Å². The molecule has 2 rings (SSSR count). The van der Waals surface area contributed by atoms with Crippen LogP contribution in [-0.2, 0) is 11.3 Å². The quantitative estimate of drug-likeness (QED) is 0.201. The zero-order valence-electron chi connectivity index (χ0n) is 15.7. The van der Waals surface area contributed by atoms with Gasteiger partial charge in [-0.25, -0.2) is 4.98 Å². The van der Waals surface area contributed by atoms with Crippen molar-refractivity contribution in [1.82, 2.24) is 15.6 Å². The lowest BCUT2D eigenvalue weighted by molar-refractivity contribution is 0.0468. The second-order valence-electron chi connectivity index (χ2n) is 6.67. The Balaban J connectivity index is 0.00000312. The number of hydrogen-bond acceptors (Lipinski definition) is 4. The van der Waals surface area contributed by atoms with Crippen LogP contribution in [0.15, 0.2) is 10.4 Å². The van der Waals surface area contributed by atoms with Crippen molar-refractivity contribution >= 4 is 41.3 Å². The number of guanidine groups is 1. The minimum absolute atomic E-state index is 0. The van der Waals surface area contributed by atoms with Crippen molar-refractivity contribution in [3.8, 4) is 0 Å². The third-order valence-corrected chi connectivity index (χ3v) is 5.47. The van der Waals surface area contributed by atoms with Crippen LogP contribution in [0.5, 0.6) is 0 Å². The summed E-state index contributed by atoms with van der Waals surface area (Å²) >= 11 is 1.72. The fourth-order valence-corrected chi connectivity index (χ4v) is 3.70. The lowest BCUT2D eigenvalue weighted by atomic mass is 10.1. The fraction of sp³-hybridized carbons (Fsp3) is 0.778. The molecule has 0 amide bonds. The summed E-state index contributed by atoms with van der Waals surface area (Å²) in [6.07, 6.45) is 8.24. The summed E-state index contributed by atoms with van der Waals surface area (Å²) in [5.74, 6) is 1.29. The van der Waals surface area contributed by atoms with Crippen LogP contribution in [0.1, 0.15) is 69.0 Å². The first-order valence-electron chi connectivity index (χ1n) is 9.19. The Morgan fingerprint density at radius 3 is 2.60 bits per heavy atom. The molecule has 5 nitrogen and oxygen atoms in total. The van der Waals surface area contributed by atoms with Gasteiger partial charge in [0.1, 0.15) is 0 Å². The molecule has 0 saturated heterocycles. The molecule has 1 saturated carbocycles. The molecule has 0 spiro atoms. The summed E-state index contributed by atoms with van der Waals surface area (Å²) in [6, 6.07) is 0. The number of rotatable bonds is 7. The van der Waals surface area contributed by atoms with E-state index in [2.05, 4.69) is 39.8 Å². The largest absolute Gasteiger partial charge is 0.376 e. The summed E-state index contributed by atoms with van der Waals surface area (Å²) in [4.78, 5) is 8.89. The number of hydrogen-bond donors (Lipinski definition) is 2. The second-order valence-corrected chi connectivity index (χ2v) is 7.56. The maximum atomic E-state index is 5.99. The Kier molecular flexibility index (Phi) is 11.6. The lowest BCUT2D eigenvalue weighted by Gasteiger charge is -2.16. The first kappa shape index (κ1) is 22.6. The molecule has 0 unspecified atom stereocenters. The van der Waals surface area contributed by atoms with E-state index in [0.29, 0.717) is 18.6 Å². The van der Waals surface area contributed by atoms with Gasteiger partial charge in [-0.2, -0.15) is 0 Å². The summed E-state index contributed by atoms with van der Waals surface area (Å²) in [7, 11) is 1.79. The van der Waals surface area contributed by atoms with Crippen molar-refractivity contribution in [2.45, 2.75) is 70.9 Å². The van der Waals surface area contributed by atoms with Gasteiger partial charge in [-0.1, -0.05) is 39.5 Å². The molecular formula is C18H33IN4OS. The van der Waals surface area contributed by atoms with Crippen molar-refractivity contribution < 1.29 is 4.74 Å². The highest BCUT2D eigenvalue weighted by atomic mass is 127. The average Bonchev–Trinajstić information content (AvgIpc) is 2.91. The highest BCUT2D eigenvalue weighted by molar-refractivity contribution is 14.0. The molecule has 2 N–H and O–H groups in total. The van der Waals surface area contributed by atoms with Gasteiger partial charge in [0, 0.05) is 24.9 Å². The van der Waals surface area contributed by atoms with Crippen molar-refractivity contribution in [1.29, 1.82) is 0 Å². The van der Waals surface area contributed by atoms with Crippen LogP contribution in [0.4, 0.5) is 0 Å². The van der Waals surface area contributed by atoms with Crippen molar-refractivity contribution in [2.75, 3.05) is 20.2 Å². The van der Waals surface area contributed by atoms with E-state index in [1.165, 1.54) is 43.5 Å². The molecule has 0 radical (unpaired) electrons. The molecule has 25 heavy (non-hydrogen) atoms. The third kappa shape index (κ3) is 8.68. The SMILES string of the molecule is CN=C(NCCOC1CCCCCC1)NCc1csc(C(C)C)n1.I. The van der Waals surface area contributed by atoms with Gasteiger partial charge in [-0.05, 0) is 12.8 Å². The topological polar surface area (TPSA) is 58.5 Å². The number of thiazole rings is 1. The van der Waals surface area contributed by atoms with Gasteiger partial charge >= 0.3 is 0 Å². The Morgan fingerprint density at radius 1 is 1.28 bits per heavy atom. The van der Waals surface area contributed by atoms with Crippen LogP contribution < -0.4 is 10.6 Å². The van der Waals surface area contributed by atoms with Gasteiger partial charge in [-0.3, -0.25) is 4.99 Å². The Labute approximate surface area is 173 Å². The van der Waals surface area contributed by atoms with Gasteiger partial charge in [0.2, 0.25) is 0 Å². The van der Waals surface area contributed by atoms with E-state index in [0.717, 1.165) is 24.8 Å². The summed E-state index contributed by atoms with van der Waals surface area (Å²) in [5, 5.41) is 9.93. The van der Waals surface area contributed by atoms with Crippen LogP contribution in [-0.4, -0.2) is 37.2 Å². The molecule has 1 aliphatic carbocycles. The molecule has 0 bridgehead atoms. The second kappa shape index (κ2) is 12.9. The smallest absolute Gasteiger partial charge is 0.191 e. The molecule has 7 heteroatoms. The molecule has 1 heterocycles. The van der Waals surface area contributed by atoms with E-state index in [4.69, 9.17) is 4.74 Å². The van der Waals surface area contributed by atoms with E-state index < -0.39 is 0 Å². The maximum Gasteiger partial charge on any atom is 0.191 e. The predicted octanol–water partition coefficient (Wildman–Crippen LogP) is 4.29. The summed E-state index contributed by atoms with van der Waals surface area (Å²) in [5.41, 5.74) is 1.07. The predicted molar refractivity (Wildman–Crippen MR) is 117 cm³/mol. The number of aromatic nitrogens is 1. The van der Waals surface area contributed by atoms with Gasteiger partial charge in [0.05, 0.1) is 30.0 Å².